The minimum Gasteiger partial charge on any atom is -0.314 e. The van der Waals surface area contributed by atoms with Gasteiger partial charge in [0, 0.05) is 6.04 Å². The Bertz CT molecular complexity index is 138. The second-order valence-electron chi connectivity index (χ2n) is 4.72. The summed E-state index contributed by atoms with van der Waals surface area (Å²) in [7, 11) is 0. The van der Waals surface area contributed by atoms with E-state index in [-0.39, 0.29) is 0 Å². The van der Waals surface area contributed by atoms with E-state index in [1.54, 1.807) is 0 Å². The van der Waals surface area contributed by atoms with Gasteiger partial charge in [-0.1, -0.05) is 46.5 Å². The van der Waals surface area contributed by atoms with E-state index in [9.17, 15) is 0 Å². The molecule has 1 aliphatic carbocycles. The van der Waals surface area contributed by atoms with Crippen molar-refractivity contribution < 1.29 is 0 Å². The normalized spacial score (nSPS) is 29.4. The molecule has 1 fully saturated rings. The minimum absolute atomic E-state index is 0.803. The largest absolute Gasteiger partial charge is 0.314 e. The Morgan fingerprint density at radius 1 is 1.21 bits per heavy atom. The van der Waals surface area contributed by atoms with Crippen LogP contribution in [0.3, 0.4) is 0 Å². The first kappa shape index (κ1) is 12.0. The van der Waals surface area contributed by atoms with Crippen molar-refractivity contribution in [3.63, 3.8) is 0 Å². The summed E-state index contributed by atoms with van der Waals surface area (Å²) in [5.74, 6) is 1.98. The standard InChI is InChI=1S/C13H27N/c1-4-8-13(14-6-3)12-10-7-9-11(12)5-2/h11-14H,4-10H2,1-3H3. The molecule has 0 bridgehead atoms. The molecule has 0 aromatic heterocycles. The molecule has 3 atom stereocenters. The summed E-state index contributed by atoms with van der Waals surface area (Å²) in [6.07, 6.45) is 8.49. The van der Waals surface area contributed by atoms with Crippen molar-refractivity contribution in [2.24, 2.45) is 11.8 Å². The maximum Gasteiger partial charge on any atom is 0.00977 e. The number of hydrogen-bond acceptors (Lipinski definition) is 1. The molecule has 1 aliphatic rings. The third-order valence-electron chi connectivity index (χ3n) is 3.83. The van der Waals surface area contributed by atoms with Crippen LogP contribution in [-0.4, -0.2) is 12.6 Å². The molecule has 1 N–H and O–H groups in total. The third kappa shape index (κ3) is 2.98. The SMILES string of the molecule is CCCC(NCC)C1CCCC1CC. The van der Waals surface area contributed by atoms with Crippen LogP contribution in [0.1, 0.15) is 59.3 Å². The van der Waals surface area contributed by atoms with E-state index >= 15 is 0 Å². The fourth-order valence-corrected chi connectivity index (χ4v) is 3.14. The van der Waals surface area contributed by atoms with Gasteiger partial charge in [-0.25, -0.2) is 0 Å². The van der Waals surface area contributed by atoms with E-state index in [0.717, 1.165) is 24.4 Å². The summed E-state index contributed by atoms with van der Waals surface area (Å²) in [6, 6.07) is 0.803. The van der Waals surface area contributed by atoms with Gasteiger partial charge < -0.3 is 5.32 Å². The molecule has 0 aromatic carbocycles. The van der Waals surface area contributed by atoms with Crippen molar-refractivity contribution in [1.29, 1.82) is 0 Å². The van der Waals surface area contributed by atoms with Gasteiger partial charge in [0.1, 0.15) is 0 Å². The van der Waals surface area contributed by atoms with Crippen molar-refractivity contribution >= 4 is 0 Å². The van der Waals surface area contributed by atoms with Crippen LogP contribution in [-0.2, 0) is 0 Å². The van der Waals surface area contributed by atoms with Gasteiger partial charge >= 0.3 is 0 Å². The lowest BCUT2D eigenvalue weighted by molar-refractivity contribution is 0.266. The first-order chi connectivity index (χ1) is 6.83. The highest BCUT2D eigenvalue weighted by Gasteiger charge is 2.31. The molecule has 14 heavy (non-hydrogen) atoms. The Kier molecular flexibility index (Phi) is 5.54. The zero-order chi connectivity index (χ0) is 10.4. The van der Waals surface area contributed by atoms with Crippen molar-refractivity contribution in [3.8, 4) is 0 Å². The van der Waals surface area contributed by atoms with Gasteiger partial charge in [0.05, 0.1) is 0 Å². The molecule has 3 unspecified atom stereocenters. The Labute approximate surface area is 89.7 Å². The molecule has 0 radical (unpaired) electrons. The van der Waals surface area contributed by atoms with Gasteiger partial charge in [-0.2, -0.15) is 0 Å². The average Bonchev–Trinajstić information content (AvgIpc) is 2.65. The van der Waals surface area contributed by atoms with Crippen molar-refractivity contribution in [2.45, 2.75) is 65.3 Å². The zero-order valence-corrected chi connectivity index (χ0v) is 10.2. The zero-order valence-electron chi connectivity index (χ0n) is 10.2. The molecule has 0 amide bonds. The summed E-state index contributed by atoms with van der Waals surface area (Å²) < 4.78 is 0. The molecule has 1 saturated carbocycles. The molecule has 1 heteroatoms. The van der Waals surface area contributed by atoms with Crippen LogP contribution in [0, 0.1) is 11.8 Å². The topological polar surface area (TPSA) is 12.0 Å². The molecular formula is C13H27N. The Hall–Kier alpha value is -0.0400. The van der Waals surface area contributed by atoms with Crippen LogP contribution in [0.2, 0.25) is 0 Å². The van der Waals surface area contributed by atoms with Gasteiger partial charge in [-0.15, -0.1) is 0 Å². The minimum atomic E-state index is 0.803. The van der Waals surface area contributed by atoms with Crippen molar-refractivity contribution in [1.82, 2.24) is 5.32 Å². The van der Waals surface area contributed by atoms with Gasteiger partial charge in [0.25, 0.3) is 0 Å². The van der Waals surface area contributed by atoms with Crippen LogP contribution in [0.4, 0.5) is 0 Å². The maximum atomic E-state index is 3.69. The molecule has 1 nitrogen and oxygen atoms in total. The average molecular weight is 197 g/mol. The van der Waals surface area contributed by atoms with E-state index < -0.39 is 0 Å². The van der Waals surface area contributed by atoms with Crippen LogP contribution >= 0.6 is 0 Å². The van der Waals surface area contributed by atoms with Crippen LogP contribution < -0.4 is 5.32 Å². The fourth-order valence-electron chi connectivity index (χ4n) is 3.14. The lowest BCUT2D eigenvalue weighted by atomic mass is 9.85. The summed E-state index contributed by atoms with van der Waals surface area (Å²) in [6.45, 7) is 8.04. The highest BCUT2D eigenvalue weighted by Crippen LogP contribution is 2.37. The van der Waals surface area contributed by atoms with Gasteiger partial charge in [-0.3, -0.25) is 0 Å². The molecule has 0 saturated heterocycles. The van der Waals surface area contributed by atoms with Gasteiger partial charge in [0.2, 0.25) is 0 Å². The van der Waals surface area contributed by atoms with E-state index in [1.165, 1.54) is 38.5 Å². The first-order valence-electron chi connectivity index (χ1n) is 6.56. The molecule has 84 valence electrons. The van der Waals surface area contributed by atoms with E-state index in [1.807, 2.05) is 0 Å². The summed E-state index contributed by atoms with van der Waals surface area (Å²) in [4.78, 5) is 0. The summed E-state index contributed by atoms with van der Waals surface area (Å²) in [5, 5.41) is 3.69. The highest BCUT2D eigenvalue weighted by molar-refractivity contribution is 4.85. The molecule has 0 aliphatic heterocycles. The molecular weight excluding hydrogens is 170 g/mol. The van der Waals surface area contributed by atoms with Crippen molar-refractivity contribution in [2.75, 3.05) is 6.54 Å². The van der Waals surface area contributed by atoms with Crippen molar-refractivity contribution in [3.05, 3.63) is 0 Å². The number of hydrogen-bond donors (Lipinski definition) is 1. The van der Waals surface area contributed by atoms with E-state index in [2.05, 4.69) is 26.1 Å². The van der Waals surface area contributed by atoms with Crippen LogP contribution in [0.15, 0.2) is 0 Å². The summed E-state index contributed by atoms with van der Waals surface area (Å²) in [5.41, 5.74) is 0. The monoisotopic (exact) mass is 197 g/mol. The van der Waals surface area contributed by atoms with Gasteiger partial charge in [0.15, 0.2) is 0 Å². The fraction of sp³-hybridized carbons (Fsp3) is 1.00. The second kappa shape index (κ2) is 6.44. The molecule has 0 spiro atoms. The predicted molar refractivity (Wildman–Crippen MR) is 63.5 cm³/mol. The van der Waals surface area contributed by atoms with E-state index in [4.69, 9.17) is 0 Å². The summed E-state index contributed by atoms with van der Waals surface area (Å²) >= 11 is 0. The van der Waals surface area contributed by atoms with Crippen LogP contribution in [0.25, 0.3) is 0 Å². The number of rotatable bonds is 6. The smallest absolute Gasteiger partial charge is 0.00977 e. The molecule has 1 rings (SSSR count). The van der Waals surface area contributed by atoms with E-state index in [0.29, 0.717) is 0 Å². The molecule has 0 heterocycles. The Balaban J connectivity index is 2.47. The number of nitrogens with one attached hydrogen (secondary N) is 1. The first-order valence-corrected chi connectivity index (χ1v) is 6.56. The second-order valence-corrected chi connectivity index (χ2v) is 4.72. The third-order valence-corrected chi connectivity index (χ3v) is 3.83. The Morgan fingerprint density at radius 3 is 2.57 bits per heavy atom. The quantitative estimate of drug-likeness (QED) is 0.686. The Morgan fingerprint density at radius 2 is 2.00 bits per heavy atom. The highest BCUT2D eigenvalue weighted by atomic mass is 14.9. The lowest BCUT2D eigenvalue weighted by Gasteiger charge is -2.28. The predicted octanol–water partition coefficient (Wildman–Crippen LogP) is 3.59. The lowest BCUT2D eigenvalue weighted by Crippen LogP contribution is -2.37. The maximum absolute atomic E-state index is 3.69. The molecule has 0 aromatic rings. The van der Waals surface area contributed by atoms with Crippen LogP contribution in [0.5, 0.6) is 0 Å². The van der Waals surface area contributed by atoms with Gasteiger partial charge in [-0.05, 0) is 31.2 Å².